The van der Waals surface area contributed by atoms with Crippen LogP contribution in [0.4, 0.5) is 11.4 Å². The summed E-state index contributed by atoms with van der Waals surface area (Å²) < 4.78 is 5.22. The number of aliphatic imine (C=N–C) groups is 1. The van der Waals surface area contributed by atoms with Crippen LogP contribution in [0.3, 0.4) is 0 Å². The van der Waals surface area contributed by atoms with Crippen LogP contribution in [0.5, 0.6) is 5.75 Å². The molecule has 10 heteroatoms. The fourth-order valence-corrected chi connectivity index (χ4v) is 3.52. The van der Waals surface area contributed by atoms with Crippen molar-refractivity contribution in [3.63, 3.8) is 0 Å². The number of nitro groups is 2. The Morgan fingerprint density at radius 3 is 2.41 bits per heavy atom. The molecule has 2 aliphatic rings. The first-order chi connectivity index (χ1) is 12.8. The predicted octanol–water partition coefficient (Wildman–Crippen LogP) is 2.48. The average molecular weight is 375 g/mol. The number of ether oxygens (including phenoxy) is 1. The highest BCUT2D eigenvalue weighted by molar-refractivity contribution is 5.94. The summed E-state index contributed by atoms with van der Waals surface area (Å²) in [4.78, 5) is 37.5. The van der Waals surface area contributed by atoms with Crippen molar-refractivity contribution in [1.29, 1.82) is 0 Å². The molecule has 0 spiro atoms. The highest BCUT2D eigenvalue weighted by atomic mass is 16.6. The van der Waals surface area contributed by atoms with Crippen LogP contribution in [0, 0.1) is 20.2 Å². The molecule has 1 N–H and O–H groups in total. The number of non-ortho nitro benzene ring substituents is 1. The van der Waals surface area contributed by atoms with E-state index >= 15 is 0 Å². The standard InChI is InChI=1S/C17H17N3O7/c21-15(17(9-4-10-18-17)16(22)7-2-1-3-8-16)27-14-6-5-12(19(23)24)11-13(14)20(25)26/h4-6,9-11,22H,1-3,7-8H2. The van der Waals surface area contributed by atoms with E-state index in [1.165, 1.54) is 18.4 Å². The van der Waals surface area contributed by atoms with Crippen LogP contribution in [0.2, 0.25) is 0 Å². The fourth-order valence-electron chi connectivity index (χ4n) is 3.52. The Balaban J connectivity index is 1.96. The first-order valence-corrected chi connectivity index (χ1v) is 8.40. The molecule has 0 radical (unpaired) electrons. The Kier molecular flexibility index (Phi) is 4.75. The first kappa shape index (κ1) is 18.6. The van der Waals surface area contributed by atoms with E-state index in [9.17, 15) is 30.1 Å². The number of rotatable bonds is 5. The largest absolute Gasteiger partial charge is 0.417 e. The highest BCUT2D eigenvalue weighted by Crippen LogP contribution is 2.43. The molecule has 1 fully saturated rings. The highest BCUT2D eigenvalue weighted by Gasteiger charge is 2.56. The third-order valence-corrected chi connectivity index (χ3v) is 4.96. The number of carbonyl (C=O) groups excluding carboxylic acids is 1. The van der Waals surface area contributed by atoms with Gasteiger partial charge in [0.05, 0.1) is 15.9 Å². The average Bonchev–Trinajstić information content (AvgIpc) is 3.14. The Morgan fingerprint density at radius 1 is 1.15 bits per heavy atom. The second-order valence-electron chi connectivity index (χ2n) is 6.55. The van der Waals surface area contributed by atoms with Crippen LogP contribution < -0.4 is 4.74 Å². The van der Waals surface area contributed by atoms with Crippen molar-refractivity contribution >= 4 is 23.6 Å². The van der Waals surface area contributed by atoms with E-state index in [-0.39, 0.29) is 0 Å². The molecule has 27 heavy (non-hydrogen) atoms. The van der Waals surface area contributed by atoms with Crippen molar-refractivity contribution in [2.24, 2.45) is 4.99 Å². The minimum atomic E-state index is -1.69. The number of nitro benzene ring substituents is 2. The maximum Gasteiger partial charge on any atom is 0.346 e. The van der Waals surface area contributed by atoms with Crippen LogP contribution in [-0.4, -0.2) is 38.3 Å². The zero-order valence-corrected chi connectivity index (χ0v) is 14.2. The molecule has 0 bridgehead atoms. The fraction of sp³-hybridized carbons (Fsp3) is 0.412. The van der Waals surface area contributed by atoms with E-state index < -0.39 is 44.1 Å². The summed E-state index contributed by atoms with van der Waals surface area (Å²) in [6.45, 7) is 0. The number of hydrogen-bond acceptors (Lipinski definition) is 8. The molecule has 1 aromatic carbocycles. The molecule has 0 aromatic heterocycles. The number of carbonyl (C=O) groups is 1. The van der Waals surface area contributed by atoms with Crippen molar-refractivity contribution in [2.75, 3.05) is 0 Å². The molecule has 142 valence electrons. The van der Waals surface area contributed by atoms with Gasteiger partial charge in [-0.05, 0) is 31.1 Å². The van der Waals surface area contributed by atoms with Crippen LogP contribution >= 0.6 is 0 Å². The first-order valence-electron chi connectivity index (χ1n) is 8.40. The Labute approximate surface area is 153 Å². The quantitative estimate of drug-likeness (QED) is 0.360. The van der Waals surface area contributed by atoms with E-state index in [4.69, 9.17) is 4.74 Å². The van der Waals surface area contributed by atoms with Crippen LogP contribution in [0.15, 0.2) is 35.3 Å². The van der Waals surface area contributed by atoms with Gasteiger partial charge in [0.15, 0.2) is 0 Å². The van der Waals surface area contributed by atoms with Gasteiger partial charge in [-0.2, -0.15) is 0 Å². The van der Waals surface area contributed by atoms with Gasteiger partial charge in [0.1, 0.15) is 5.60 Å². The van der Waals surface area contributed by atoms with Gasteiger partial charge in [-0.25, -0.2) is 4.79 Å². The molecular weight excluding hydrogens is 358 g/mol. The minimum absolute atomic E-state index is 0.339. The van der Waals surface area contributed by atoms with Gasteiger partial charge in [0.2, 0.25) is 11.3 Å². The molecule has 1 unspecified atom stereocenters. The van der Waals surface area contributed by atoms with E-state index in [0.29, 0.717) is 25.7 Å². The van der Waals surface area contributed by atoms with Gasteiger partial charge in [-0.3, -0.25) is 25.2 Å². The molecule has 1 aliphatic heterocycles. The summed E-state index contributed by atoms with van der Waals surface area (Å²) in [7, 11) is 0. The number of allylic oxidation sites excluding steroid dienone is 1. The zero-order chi connectivity index (χ0) is 19.7. The van der Waals surface area contributed by atoms with Crippen LogP contribution in [-0.2, 0) is 4.79 Å². The van der Waals surface area contributed by atoms with E-state index in [1.807, 2.05) is 0 Å². The van der Waals surface area contributed by atoms with Gasteiger partial charge in [0, 0.05) is 12.3 Å². The third-order valence-electron chi connectivity index (χ3n) is 4.96. The van der Waals surface area contributed by atoms with E-state index in [0.717, 1.165) is 24.6 Å². The molecule has 0 amide bonds. The third kappa shape index (κ3) is 3.19. The van der Waals surface area contributed by atoms with E-state index in [2.05, 4.69) is 4.99 Å². The maximum atomic E-state index is 12.9. The second kappa shape index (κ2) is 6.88. The summed E-state index contributed by atoms with van der Waals surface area (Å²) >= 11 is 0. The molecule has 0 saturated heterocycles. The molecule has 1 atom stereocenters. The normalized spacial score (nSPS) is 23.1. The van der Waals surface area contributed by atoms with Crippen molar-refractivity contribution in [3.8, 4) is 5.75 Å². The van der Waals surface area contributed by atoms with Crippen molar-refractivity contribution in [1.82, 2.24) is 0 Å². The lowest BCUT2D eigenvalue weighted by Crippen LogP contribution is -2.58. The summed E-state index contributed by atoms with van der Waals surface area (Å²) in [6.07, 6.45) is 7.35. The lowest BCUT2D eigenvalue weighted by Gasteiger charge is -2.42. The monoisotopic (exact) mass is 375 g/mol. The molecule has 1 heterocycles. The maximum absolute atomic E-state index is 12.9. The SMILES string of the molecule is O=C(Oc1ccc([N+](=O)[O-])cc1[N+](=O)[O-])C1(C2(O)CCCCC2)C=CC=N1. The van der Waals surface area contributed by atoms with Gasteiger partial charge in [-0.1, -0.05) is 19.3 Å². The predicted molar refractivity (Wildman–Crippen MR) is 93.8 cm³/mol. The molecule has 10 nitrogen and oxygen atoms in total. The second-order valence-corrected chi connectivity index (χ2v) is 6.55. The van der Waals surface area contributed by atoms with Crippen molar-refractivity contribution in [3.05, 3.63) is 50.6 Å². The number of benzene rings is 1. The van der Waals surface area contributed by atoms with Gasteiger partial charge >= 0.3 is 11.7 Å². The summed E-state index contributed by atoms with van der Waals surface area (Å²) in [5.41, 5.74) is -4.36. The molecule has 1 saturated carbocycles. The minimum Gasteiger partial charge on any atom is -0.417 e. The summed E-state index contributed by atoms with van der Waals surface area (Å²) in [5, 5.41) is 33.2. The Morgan fingerprint density at radius 2 is 1.85 bits per heavy atom. The number of hydrogen-bond donors (Lipinski definition) is 1. The van der Waals surface area contributed by atoms with Crippen LogP contribution in [0.1, 0.15) is 32.1 Å². The van der Waals surface area contributed by atoms with Gasteiger partial charge in [-0.15, -0.1) is 0 Å². The van der Waals surface area contributed by atoms with Crippen LogP contribution in [0.25, 0.3) is 0 Å². The molecule has 3 rings (SSSR count). The smallest absolute Gasteiger partial charge is 0.346 e. The van der Waals surface area contributed by atoms with Gasteiger partial charge in [0.25, 0.3) is 5.69 Å². The Hall–Kier alpha value is -3.14. The van der Waals surface area contributed by atoms with Crippen molar-refractivity contribution in [2.45, 2.75) is 43.2 Å². The number of nitrogens with zero attached hydrogens (tertiary/aromatic N) is 3. The summed E-state index contributed by atoms with van der Waals surface area (Å²) in [6, 6.07) is 2.72. The molecule has 1 aliphatic carbocycles. The lowest BCUT2D eigenvalue weighted by molar-refractivity contribution is -0.394. The molecule has 1 aromatic rings. The summed E-state index contributed by atoms with van der Waals surface area (Å²) in [5.74, 6) is -1.40. The van der Waals surface area contributed by atoms with Gasteiger partial charge < -0.3 is 9.84 Å². The molecular formula is C17H17N3O7. The lowest BCUT2D eigenvalue weighted by atomic mass is 9.71. The van der Waals surface area contributed by atoms with E-state index in [1.54, 1.807) is 0 Å². The number of esters is 1. The zero-order valence-electron chi connectivity index (χ0n) is 14.2. The van der Waals surface area contributed by atoms with Crippen molar-refractivity contribution < 1.29 is 24.5 Å². The number of aliphatic hydroxyl groups is 1. The topological polar surface area (TPSA) is 145 Å². The Bertz CT molecular complexity index is 844.